The van der Waals surface area contributed by atoms with E-state index in [0.29, 0.717) is 5.02 Å². The van der Waals surface area contributed by atoms with Gasteiger partial charge in [-0.05, 0) is 53.2 Å². The fourth-order valence-electron chi connectivity index (χ4n) is 3.71. The lowest BCUT2D eigenvalue weighted by atomic mass is 10.0. The fourth-order valence-corrected chi connectivity index (χ4v) is 3.88. The number of rotatable bonds is 0. The third-order valence-corrected chi connectivity index (χ3v) is 5.09. The molecule has 0 fully saturated rings. The van der Waals surface area contributed by atoms with Crippen molar-refractivity contribution in [3.63, 3.8) is 0 Å². The van der Waals surface area contributed by atoms with Gasteiger partial charge >= 0.3 is 0 Å². The summed E-state index contributed by atoms with van der Waals surface area (Å²) in [7, 11) is 0. The van der Waals surface area contributed by atoms with E-state index in [1.807, 2.05) is 48.5 Å². The minimum Gasteiger partial charge on any atom is -0.453 e. The third-order valence-electron chi connectivity index (χ3n) is 4.86. The van der Waals surface area contributed by atoms with Crippen LogP contribution in [-0.2, 0) is 0 Å². The smallest absolute Gasteiger partial charge is 0.155 e. The van der Waals surface area contributed by atoms with Gasteiger partial charge in [0.15, 0.2) is 23.0 Å². The Labute approximate surface area is 155 Å². The molecule has 0 saturated carbocycles. The molecule has 0 atom stereocenters. The van der Waals surface area contributed by atoms with Gasteiger partial charge in [-0.15, -0.1) is 0 Å². The predicted molar refractivity (Wildman–Crippen MR) is 104 cm³/mol. The quantitative estimate of drug-likeness (QED) is 0.287. The van der Waals surface area contributed by atoms with E-state index < -0.39 is 0 Å². The number of hydrogen-bond acceptors (Lipinski definition) is 3. The summed E-state index contributed by atoms with van der Waals surface area (Å²) in [6, 6.07) is 24.1. The van der Waals surface area contributed by atoms with E-state index in [4.69, 9.17) is 21.1 Å². The maximum absolute atomic E-state index is 6.29. The SMILES string of the molecule is Clc1ccc2c(c1)N1c3cc4ccccc4cc3Oc3cccc(c31)O2. The Bertz CT molecular complexity index is 1220. The van der Waals surface area contributed by atoms with Gasteiger partial charge in [0.1, 0.15) is 5.69 Å². The van der Waals surface area contributed by atoms with Gasteiger partial charge in [-0.2, -0.15) is 0 Å². The zero-order valence-corrected chi connectivity index (χ0v) is 14.3. The lowest BCUT2D eigenvalue weighted by molar-refractivity contribution is 0.446. The van der Waals surface area contributed by atoms with Crippen LogP contribution in [0.15, 0.2) is 72.8 Å². The van der Waals surface area contributed by atoms with Crippen LogP contribution in [0, 0.1) is 0 Å². The van der Waals surface area contributed by atoms with Crippen molar-refractivity contribution in [2.24, 2.45) is 0 Å². The van der Waals surface area contributed by atoms with Gasteiger partial charge in [0.2, 0.25) is 0 Å². The molecule has 0 amide bonds. The number of fused-ring (bicyclic) bond motifs is 5. The molecule has 0 saturated heterocycles. The molecule has 0 bridgehead atoms. The van der Waals surface area contributed by atoms with Crippen LogP contribution in [0.2, 0.25) is 5.02 Å². The van der Waals surface area contributed by atoms with Crippen molar-refractivity contribution < 1.29 is 9.47 Å². The van der Waals surface area contributed by atoms with Gasteiger partial charge in [0.25, 0.3) is 0 Å². The average Bonchev–Trinajstić information content (AvgIpc) is 2.66. The summed E-state index contributed by atoms with van der Waals surface area (Å²) in [5.41, 5.74) is 2.80. The molecule has 124 valence electrons. The third kappa shape index (κ3) is 1.83. The van der Waals surface area contributed by atoms with Crippen molar-refractivity contribution in [2.45, 2.75) is 0 Å². The van der Waals surface area contributed by atoms with Gasteiger partial charge < -0.3 is 9.47 Å². The molecule has 3 nitrogen and oxygen atoms in total. The summed E-state index contributed by atoms with van der Waals surface area (Å²) >= 11 is 6.29. The fraction of sp³-hybridized carbons (Fsp3) is 0. The van der Waals surface area contributed by atoms with Crippen molar-refractivity contribution >= 4 is 39.4 Å². The largest absolute Gasteiger partial charge is 0.453 e. The summed E-state index contributed by atoms with van der Waals surface area (Å²) in [5, 5.41) is 2.97. The second kappa shape index (κ2) is 4.93. The lowest BCUT2D eigenvalue weighted by Crippen LogP contribution is -2.20. The zero-order valence-electron chi connectivity index (χ0n) is 13.6. The molecular formula is C22H12ClNO2. The average molecular weight is 358 g/mol. The van der Waals surface area contributed by atoms with Crippen LogP contribution in [0.5, 0.6) is 23.0 Å². The van der Waals surface area contributed by atoms with Crippen LogP contribution >= 0.6 is 11.6 Å². The van der Waals surface area contributed by atoms with Gasteiger partial charge in [-0.25, -0.2) is 0 Å². The number of ether oxygens (including phenoxy) is 2. The van der Waals surface area contributed by atoms with E-state index in [1.165, 1.54) is 0 Å². The molecule has 2 heterocycles. The molecule has 2 aliphatic rings. The molecule has 4 aromatic rings. The number of para-hydroxylation sites is 1. The Morgan fingerprint density at radius 2 is 1.31 bits per heavy atom. The highest BCUT2D eigenvalue weighted by Crippen LogP contribution is 2.60. The van der Waals surface area contributed by atoms with E-state index in [0.717, 1.165) is 50.8 Å². The molecule has 26 heavy (non-hydrogen) atoms. The number of nitrogens with zero attached hydrogens (tertiary/aromatic N) is 1. The van der Waals surface area contributed by atoms with Crippen molar-refractivity contribution in [2.75, 3.05) is 4.90 Å². The molecule has 0 aliphatic carbocycles. The van der Waals surface area contributed by atoms with E-state index in [2.05, 4.69) is 29.2 Å². The molecule has 4 aromatic carbocycles. The monoisotopic (exact) mass is 357 g/mol. The molecule has 0 aromatic heterocycles. The Balaban J connectivity index is 1.71. The highest BCUT2D eigenvalue weighted by atomic mass is 35.5. The van der Waals surface area contributed by atoms with Crippen molar-refractivity contribution in [3.05, 3.63) is 77.8 Å². The van der Waals surface area contributed by atoms with Crippen LogP contribution in [0.25, 0.3) is 10.8 Å². The number of hydrogen-bond donors (Lipinski definition) is 0. The first kappa shape index (κ1) is 14.0. The molecule has 0 unspecified atom stereocenters. The second-order valence-electron chi connectivity index (χ2n) is 6.42. The second-order valence-corrected chi connectivity index (χ2v) is 6.86. The van der Waals surface area contributed by atoms with Crippen molar-refractivity contribution in [1.29, 1.82) is 0 Å². The topological polar surface area (TPSA) is 21.7 Å². The van der Waals surface area contributed by atoms with Crippen molar-refractivity contribution in [1.82, 2.24) is 0 Å². The molecule has 2 aliphatic heterocycles. The maximum atomic E-state index is 6.29. The van der Waals surface area contributed by atoms with Gasteiger partial charge in [-0.3, -0.25) is 4.90 Å². The van der Waals surface area contributed by atoms with Crippen LogP contribution in [0.4, 0.5) is 17.1 Å². The zero-order chi connectivity index (χ0) is 17.3. The van der Waals surface area contributed by atoms with Crippen molar-refractivity contribution in [3.8, 4) is 23.0 Å². The predicted octanol–water partition coefficient (Wildman–Crippen LogP) is 7.17. The molecular weight excluding hydrogens is 346 g/mol. The first-order valence-electron chi connectivity index (χ1n) is 8.39. The van der Waals surface area contributed by atoms with Gasteiger partial charge in [0.05, 0.1) is 11.4 Å². The summed E-state index contributed by atoms with van der Waals surface area (Å²) in [4.78, 5) is 2.18. The Hall–Kier alpha value is -3.17. The molecule has 0 radical (unpaired) electrons. The van der Waals surface area contributed by atoms with Gasteiger partial charge in [0, 0.05) is 5.02 Å². The van der Waals surface area contributed by atoms with Gasteiger partial charge in [-0.1, -0.05) is 41.9 Å². The number of benzene rings is 4. The minimum atomic E-state index is 0.669. The standard InChI is InChI=1S/C22H12ClNO2/c23-15-8-9-18-17(12-15)24-16-10-13-4-1-2-5-14(13)11-21(16)26-20-7-3-6-19(25-18)22(20)24/h1-12H. The Morgan fingerprint density at radius 1 is 0.615 bits per heavy atom. The van der Waals surface area contributed by atoms with Crippen LogP contribution in [0.3, 0.4) is 0 Å². The summed E-state index contributed by atoms with van der Waals surface area (Å²) in [6.07, 6.45) is 0. The van der Waals surface area contributed by atoms with E-state index in [-0.39, 0.29) is 0 Å². The Kier molecular flexibility index (Phi) is 2.66. The van der Waals surface area contributed by atoms with Crippen LogP contribution in [0.1, 0.15) is 0 Å². The highest BCUT2D eigenvalue weighted by Gasteiger charge is 2.34. The van der Waals surface area contributed by atoms with Crippen LogP contribution in [-0.4, -0.2) is 0 Å². The normalized spacial score (nSPS) is 13.3. The molecule has 0 N–H and O–H groups in total. The lowest BCUT2D eigenvalue weighted by Gasteiger charge is -2.38. The summed E-state index contributed by atoms with van der Waals surface area (Å²) in [5.74, 6) is 3.15. The van der Waals surface area contributed by atoms with E-state index in [9.17, 15) is 0 Å². The van der Waals surface area contributed by atoms with E-state index >= 15 is 0 Å². The number of halogens is 1. The minimum absolute atomic E-state index is 0.669. The van der Waals surface area contributed by atoms with E-state index in [1.54, 1.807) is 0 Å². The first-order valence-corrected chi connectivity index (χ1v) is 8.77. The summed E-state index contributed by atoms with van der Waals surface area (Å²) in [6.45, 7) is 0. The first-order chi connectivity index (χ1) is 12.8. The summed E-state index contributed by atoms with van der Waals surface area (Å²) < 4.78 is 12.3. The van der Waals surface area contributed by atoms with Crippen LogP contribution < -0.4 is 14.4 Å². The molecule has 6 rings (SSSR count). The molecule has 4 heteroatoms. The Morgan fingerprint density at radius 3 is 2.12 bits per heavy atom. The highest BCUT2D eigenvalue weighted by molar-refractivity contribution is 6.31. The maximum Gasteiger partial charge on any atom is 0.155 e. The number of anilines is 3. The molecule has 0 spiro atoms.